The summed E-state index contributed by atoms with van der Waals surface area (Å²) in [5.74, 6) is 0.199. The first-order chi connectivity index (χ1) is 8.63. The van der Waals surface area contributed by atoms with E-state index in [1.54, 1.807) is 6.07 Å². The largest absolute Gasteiger partial charge is 0.369 e. The Morgan fingerprint density at radius 1 is 1.39 bits per heavy atom. The van der Waals surface area contributed by atoms with Crippen molar-refractivity contribution in [2.45, 2.75) is 45.6 Å². The second-order valence-corrected chi connectivity index (χ2v) is 4.82. The molecule has 0 aliphatic carbocycles. The van der Waals surface area contributed by atoms with Crippen molar-refractivity contribution in [2.75, 3.05) is 5.73 Å². The van der Waals surface area contributed by atoms with Crippen LogP contribution in [0.3, 0.4) is 0 Å². The molecule has 0 fully saturated rings. The van der Waals surface area contributed by atoms with Gasteiger partial charge in [0.2, 0.25) is 5.95 Å². The predicted octanol–water partition coefficient (Wildman–Crippen LogP) is 3.90. The lowest BCUT2D eigenvalue weighted by Gasteiger charge is -2.15. The van der Waals surface area contributed by atoms with E-state index in [2.05, 4.69) is 18.8 Å². The maximum Gasteiger partial charge on any atom is 0.201 e. The number of aromatic nitrogens is 2. The Kier molecular flexibility index (Phi) is 3.84. The molecule has 18 heavy (non-hydrogen) atoms. The van der Waals surface area contributed by atoms with Gasteiger partial charge in [0.1, 0.15) is 5.82 Å². The van der Waals surface area contributed by atoms with Crippen LogP contribution in [-0.2, 0) is 0 Å². The van der Waals surface area contributed by atoms with E-state index < -0.39 is 0 Å². The molecule has 0 amide bonds. The number of rotatable bonds is 5. The fourth-order valence-corrected chi connectivity index (χ4v) is 2.37. The molecule has 1 atom stereocenters. The van der Waals surface area contributed by atoms with Gasteiger partial charge in [-0.3, -0.25) is 0 Å². The second kappa shape index (κ2) is 5.38. The minimum Gasteiger partial charge on any atom is -0.369 e. The normalized spacial score (nSPS) is 13.1. The Labute approximate surface area is 107 Å². The van der Waals surface area contributed by atoms with Crippen LogP contribution in [0.5, 0.6) is 0 Å². The lowest BCUT2D eigenvalue weighted by Crippen LogP contribution is -2.08. The summed E-state index contributed by atoms with van der Waals surface area (Å²) in [6.07, 6.45) is 4.68. The Morgan fingerprint density at radius 2 is 2.17 bits per heavy atom. The number of nitrogens with zero attached hydrogens (tertiary/aromatic N) is 2. The third-order valence-electron chi connectivity index (χ3n) is 3.35. The fourth-order valence-electron chi connectivity index (χ4n) is 2.37. The third-order valence-corrected chi connectivity index (χ3v) is 3.35. The highest BCUT2D eigenvalue weighted by molar-refractivity contribution is 5.78. The van der Waals surface area contributed by atoms with Crippen LogP contribution >= 0.6 is 0 Å². The minimum atomic E-state index is -0.272. The van der Waals surface area contributed by atoms with Gasteiger partial charge in [0.05, 0.1) is 11.0 Å². The van der Waals surface area contributed by atoms with Gasteiger partial charge in [-0.25, -0.2) is 9.37 Å². The molecule has 0 saturated carbocycles. The lowest BCUT2D eigenvalue weighted by molar-refractivity contribution is 0.492. The van der Waals surface area contributed by atoms with Crippen LogP contribution in [0.25, 0.3) is 11.0 Å². The summed E-state index contributed by atoms with van der Waals surface area (Å²) in [5, 5.41) is 0. The molecule has 1 heterocycles. The van der Waals surface area contributed by atoms with Crippen LogP contribution < -0.4 is 5.73 Å². The summed E-state index contributed by atoms with van der Waals surface area (Å²) >= 11 is 0. The number of hydrogen-bond acceptors (Lipinski definition) is 2. The zero-order valence-corrected chi connectivity index (χ0v) is 11.0. The topological polar surface area (TPSA) is 43.8 Å². The average molecular weight is 249 g/mol. The molecule has 0 aliphatic heterocycles. The number of imidazole rings is 1. The molecule has 2 N–H and O–H groups in total. The second-order valence-electron chi connectivity index (χ2n) is 4.82. The van der Waals surface area contributed by atoms with Gasteiger partial charge < -0.3 is 10.3 Å². The summed E-state index contributed by atoms with van der Waals surface area (Å²) in [6, 6.07) is 4.94. The van der Waals surface area contributed by atoms with Crippen LogP contribution in [0.4, 0.5) is 10.3 Å². The number of fused-ring (bicyclic) bond motifs is 1. The van der Waals surface area contributed by atoms with Crippen molar-refractivity contribution >= 4 is 17.0 Å². The van der Waals surface area contributed by atoms with E-state index in [1.165, 1.54) is 31.4 Å². The Balaban J connectivity index is 2.29. The summed E-state index contributed by atoms with van der Waals surface area (Å²) < 4.78 is 15.1. The van der Waals surface area contributed by atoms with Crippen LogP contribution in [0, 0.1) is 5.82 Å². The van der Waals surface area contributed by atoms with E-state index in [-0.39, 0.29) is 5.82 Å². The van der Waals surface area contributed by atoms with Crippen molar-refractivity contribution in [1.82, 2.24) is 9.55 Å². The number of anilines is 1. The van der Waals surface area contributed by atoms with Crippen molar-refractivity contribution in [3.8, 4) is 0 Å². The van der Waals surface area contributed by atoms with Crippen molar-refractivity contribution in [3.05, 3.63) is 24.0 Å². The van der Waals surface area contributed by atoms with Gasteiger partial charge in [0.25, 0.3) is 0 Å². The van der Waals surface area contributed by atoms with Crippen molar-refractivity contribution in [3.63, 3.8) is 0 Å². The molecule has 3 nitrogen and oxygen atoms in total. The molecule has 4 heteroatoms. The van der Waals surface area contributed by atoms with E-state index in [9.17, 15) is 4.39 Å². The first-order valence-corrected chi connectivity index (χ1v) is 6.56. The quantitative estimate of drug-likeness (QED) is 0.817. The maximum absolute atomic E-state index is 13.1. The van der Waals surface area contributed by atoms with Gasteiger partial charge in [-0.15, -0.1) is 0 Å². The monoisotopic (exact) mass is 249 g/mol. The highest BCUT2D eigenvalue weighted by Gasteiger charge is 2.13. The Bertz CT molecular complexity index is 533. The van der Waals surface area contributed by atoms with E-state index in [0.29, 0.717) is 17.5 Å². The SMILES string of the molecule is CCCCCC(C)n1c(N)nc2cc(F)ccc21. The molecule has 2 rings (SSSR count). The molecule has 1 unspecified atom stereocenters. The number of nitrogen functional groups attached to an aromatic ring is 1. The van der Waals surface area contributed by atoms with Crippen LogP contribution in [-0.4, -0.2) is 9.55 Å². The van der Waals surface area contributed by atoms with Gasteiger partial charge in [-0.1, -0.05) is 26.2 Å². The van der Waals surface area contributed by atoms with Crippen LogP contribution in [0.15, 0.2) is 18.2 Å². The molecule has 0 bridgehead atoms. The van der Waals surface area contributed by atoms with Crippen molar-refractivity contribution < 1.29 is 4.39 Å². The molecular formula is C14H20FN3. The molecule has 2 aromatic rings. The van der Waals surface area contributed by atoms with Gasteiger partial charge in [-0.2, -0.15) is 0 Å². The number of benzene rings is 1. The van der Waals surface area contributed by atoms with E-state index >= 15 is 0 Å². The highest BCUT2D eigenvalue weighted by atomic mass is 19.1. The molecule has 0 saturated heterocycles. The predicted molar refractivity (Wildman–Crippen MR) is 73.0 cm³/mol. The van der Waals surface area contributed by atoms with Gasteiger partial charge in [-0.05, 0) is 25.5 Å². The van der Waals surface area contributed by atoms with E-state index in [0.717, 1.165) is 11.9 Å². The Morgan fingerprint density at radius 3 is 2.89 bits per heavy atom. The molecule has 0 aliphatic rings. The summed E-state index contributed by atoms with van der Waals surface area (Å²) in [5.41, 5.74) is 7.49. The molecular weight excluding hydrogens is 229 g/mol. The van der Waals surface area contributed by atoms with E-state index in [1.807, 2.05) is 4.57 Å². The van der Waals surface area contributed by atoms with Gasteiger partial charge in [0.15, 0.2) is 0 Å². The summed E-state index contributed by atoms with van der Waals surface area (Å²) in [4.78, 5) is 4.22. The zero-order chi connectivity index (χ0) is 13.1. The van der Waals surface area contributed by atoms with Gasteiger partial charge in [0, 0.05) is 12.1 Å². The van der Waals surface area contributed by atoms with E-state index in [4.69, 9.17) is 5.73 Å². The van der Waals surface area contributed by atoms with Crippen molar-refractivity contribution in [1.29, 1.82) is 0 Å². The molecule has 0 spiro atoms. The lowest BCUT2D eigenvalue weighted by atomic mass is 10.1. The third kappa shape index (κ3) is 2.47. The fraction of sp³-hybridized carbons (Fsp3) is 0.500. The van der Waals surface area contributed by atoms with Crippen LogP contribution in [0.1, 0.15) is 45.6 Å². The first-order valence-electron chi connectivity index (χ1n) is 6.56. The minimum absolute atomic E-state index is 0.272. The number of unbranched alkanes of at least 4 members (excludes halogenated alkanes) is 2. The smallest absolute Gasteiger partial charge is 0.201 e. The molecule has 0 radical (unpaired) electrons. The number of nitrogens with two attached hydrogens (primary N) is 1. The molecule has 98 valence electrons. The maximum atomic E-state index is 13.1. The van der Waals surface area contributed by atoms with Gasteiger partial charge >= 0.3 is 0 Å². The standard InChI is InChI=1S/C14H20FN3/c1-3-4-5-6-10(2)18-13-8-7-11(15)9-12(13)17-14(18)16/h7-10H,3-6H2,1-2H3,(H2,16,17). The summed E-state index contributed by atoms with van der Waals surface area (Å²) in [7, 11) is 0. The molecule has 1 aromatic heterocycles. The highest BCUT2D eigenvalue weighted by Crippen LogP contribution is 2.26. The zero-order valence-electron chi connectivity index (χ0n) is 11.0. The summed E-state index contributed by atoms with van der Waals surface area (Å²) in [6.45, 7) is 4.32. The van der Waals surface area contributed by atoms with Crippen molar-refractivity contribution in [2.24, 2.45) is 0 Å². The number of halogens is 1. The van der Waals surface area contributed by atoms with Crippen LogP contribution in [0.2, 0.25) is 0 Å². The number of hydrogen-bond donors (Lipinski definition) is 1. The first kappa shape index (κ1) is 12.9. The molecule has 1 aromatic carbocycles. The Hall–Kier alpha value is -1.58. The average Bonchev–Trinajstić information content (AvgIpc) is 2.64.